The van der Waals surface area contributed by atoms with Gasteiger partial charge < -0.3 is 51.6 Å². The van der Waals surface area contributed by atoms with Crippen molar-refractivity contribution in [3.05, 3.63) is 143 Å². The van der Waals surface area contributed by atoms with Gasteiger partial charge in [-0.3, -0.25) is 19.0 Å². The first-order valence-corrected chi connectivity index (χ1v) is 27.4. The molecule has 0 aliphatic rings. The highest BCUT2D eigenvalue weighted by Gasteiger charge is 2.37. The summed E-state index contributed by atoms with van der Waals surface area (Å²) in [6.07, 6.45) is 0.634. The summed E-state index contributed by atoms with van der Waals surface area (Å²) >= 11 is 0. The molecule has 0 unspecified atom stereocenters. The molecule has 8 N–H and O–H groups in total. The van der Waals surface area contributed by atoms with Crippen LogP contribution in [0.15, 0.2) is 110 Å². The average molecular weight is 1220 g/mol. The number of aliphatic hydroxyl groups excluding tert-OH is 2. The SMILES string of the molecule is CNC(=O)c1cc(-c2cnn(CCCCO)c2)ccc1Nc1nc(Nc2ccc(CO[P+](=O)OCc3ccc(Nc4ncc(C(F)(F)F)c(Nc5ccc(-c6cnn(CCCCO)c6)cc5C(=O)NC)n4)c(OC)c3)cc2OC)ncc1C(F)(F)F. The number of anilines is 8. The summed E-state index contributed by atoms with van der Waals surface area (Å²) in [6, 6.07) is 18.3. The van der Waals surface area contributed by atoms with Crippen molar-refractivity contribution in [1.82, 2.24) is 50.1 Å². The number of unbranched alkanes of at least 4 members (excludes halogenated alkanes) is 2. The molecule has 8 rings (SSSR count). The second kappa shape index (κ2) is 28.5. The van der Waals surface area contributed by atoms with Gasteiger partial charge in [-0.1, -0.05) is 24.3 Å². The molecule has 30 heteroatoms. The number of rotatable bonds is 28. The Morgan fingerprint density at radius 3 is 1.33 bits per heavy atom. The smallest absolute Gasteiger partial charge is 0.495 e. The molecule has 4 heterocycles. The Labute approximate surface area is 488 Å². The Bertz CT molecular complexity index is 3460. The lowest BCUT2D eigenvalue weighted by Gasteiger charge is -2.17. The first-order valence-electron chi connectivity index (χ1n) is 26.3. The van der Waals surface area contributed by atoms with Crippen LogP contribution in [0.25, 0.3) is 22.3 Å². The number of benzene rings is 4. The molecule has 0 fully saturated rings. The fourth-order valence-corrected chi connectivity index (χ4v) is 9.07. The molecule has 0 saturated carbocycles. The van der Waals surface area contributed by atoms with Gasteiger partial charge in [-0.25, -0.2) is 9.97 Å². The second-order valence-corrected chi connectivity index (χ2v) is 19.7. The fourth-order valence-electron chi connectivity index (χ4n) is 8.49. The standard InChI is InChI=1S/C56H57F6N14O9P/c1-63-51(79)39-23-35(37-25-67-75(29-37)17-5-7-19-77)11-15-43(39)69-49-41(55(57,58)59)27-65-53(73-49)71-45-13-9-33(21-47(45)82-3)31-84-86(81)85-32-34-10-14-46(48(22-34)83-4)72-54-66-28-42(56(60,61)62)50(74-54)70-44-16-12-36(24-40(44)52(80)64-2)38-26-68-76(30-38)18-6-8-20-78/h9-16,21-30,77-78H,5-8,17-20,31-32H2,1-4H3,(H5-,63,64,65,66,69,70,71,72,73,74,79,80)/p+1. The first kappa shape index (κ1) is 62.8. The molecule has 452 valence electrons. The lowest BCUT2D eigenvalue weighted by Crippen LogP contribution is -2.20. The molecule has 23 nitrogen and oxygen atoms in total. The molecule has 0 aliphatic carbocycles. The number of alkyl halides is 6. The third-order valence-corrected chi connectivity index (χ3v) is 13.6. The highest BCUT2D eigenvalue weighted by Crippen LogP contribution is 2.40. The van der Waals surface area contributed by atoms with E-state index in [2.05, 4.69) is 62.0 Å². The van der Waals surface area contributed by atoms with Crippen molar-refractivity contribution >= 4 is 66.4 Å². The molecule has 2 amide bonds. The van der Waals surface area contributed by atoms with Crippen molar-refractivity contribution in [1.29, 1.82) is 0 Å². The van der Waals surface area contributed by atoms with Crippen LogP contribution < -0.4 is 41.4 Å². The van der Waals surface area contributed by atoms with Crippen molar-refractivity contribution in [3.8, 4) is 33.8 Å². The van der Waals surface area contributed by atoms with Crippen molar-refractivity contribution < 1.29 is 69.2 Å². The zero-order valence-corrected chi connectivity index (χ0v) is 47.4. The molecule has 0 atom stereocenters. The maximum atomic E-state index is 14.4. The van der Waals surface area contributed by atoms with Gasteiger partial charge in [-0.05, 0) is 96.5 Å². The number of halogens is 6. The lowest BCUT2D eigenvalue weighted by atomic mass is 10.0. The normalized spacial score (nSPS) is 11.5. The summed E-state index contributed by atoms with van der Waals surface area (Å²) in [6.45, 7) is 0.692. The Morgan fingerprint density at radius 1 is 0.547 bits per heavy atom. The van der Waals surface area contributed by atoms with E-state index in [0.717, 1.165) is 0 Å². The summed E-state index contributed by atoms with van der Waals surface area (Å²) < 4.78 is 125. The fraction of sp³-hybridized carbons (Fsp3) is 0.286. The third kappa shape index (κ3) is 16.1. The van der Waals surface area contributed by atoms with Gasteiger partial charge in [0.25, 0.3) is 11.8 Å². The predicted octanol–water partition coefficient (Wildman–Crippen LogP) is 10.7. The van der Waals surface area contributed by atoms with Crippen molar-refractivity contribution in [2.75, 3.05) is 62.8 Å². The number of carbonyl (C=O) groups excluding carboxylic acids is 2. The summed E-state index contributed by atoms with van der Waals surface area (Å²) in [7, 11) is 2.71. The molecule has 4 aromatic carbocycles. The number of amides is 2. The van der Waals surface area contributed by atoms with Crippen LogP contribution >= 0.6 is 8.25 Å². The Balaban J connectivity index is 0.901. The van der Waals surface area contributed by atoms with Crippen molar-refractivity contribution in [2.24, 2.45) is 0 Å². The molecule has 0 bridgehead atoms. The van der Waals surface area contributed by atoms with Crippen LogP contribution in [0.5, 0.6) is 11.5 Å². The molecule has 0 saturated heterocycles. The Hall–Kier alpha value is -9.28. The summed E-state index contributed by atoms with van der Waals surface area (Å²) in [5.74, 6) is -2.68. The Morgan fingerprint density at radius 2 is 0.953 bits per heavy atom. The van der Waals surface area contributed by atoms with Gasteiger partial charge in [0.1, 0.15) is 47.5 Å². The monoisotopic (exact) mass is 1220 g/mol. The predicted molar refractivity (Wildman–Crippen MR) is 305 cm³/mol. The number of nitrogens with one attached hydrogen (secondary N) is 6. The molecule has 4 aromatic heterocycles. The van der Waals surface area contributed by atoms with Crippen LogP contribution in [0.2, 0.25) is 0 Å². The minimum Gasteiger partial charge on any atom is -0.495 e. The largest absolute Gasteiger partial charge is 0.698 e. The van der Waals surface area contributed by atoms with Gasteiger partial charge in [-0.15, -0.1) is 9.05 Å². The second-order valence-electron chi connectivity index (χ2n) is 18.8. The number of carbonyl (C=O) groups is 2. The molecule has 86 heavy (non-hydrogen) atoms. The van der Waals surface area contributed by atoms with Gasteiger partial charge in [0.05, 0.1) is 60.5 Å². The van der Waals surface area contributed by atoms with E-state index in [1.807, 2.05) is 0 Å². The van der Waals surface area contributed by atoms with E-state index in [1.54, 1.807) is 58.4 Å². The van der Waals surface area contributed by atoms with Crippen LogP contribution in [-0.2, 0) is 52.3 Å². The number of aryl methyl sites for hydroxylation is 2. The number of aromatic nitrogens is 8. The topological polar surface area (TPSA) is 288 Å². The van der Waals surface area contributed by atoms with Crippen molar-refractivity contribution in [2.45, 2.75) is 64.3 Å². The third-order valence-electron chi connectivity index (χ3n) is 12.9. The molecule has 0 radical (unpaired) electrons. The van der Waals surface area contributed by atoms with Gasteiger partial charge in [0.15, 0.2) is 0 Å². The highest BCUT2D eigenvalue weighted by atomic mass is 31.1. The molecule has 0 aliphatic heterocycles. The zero-order chi connectivity index (χ0) is 61.5. The van der Waals surface area contributed by atoms with Crippen LogP contribution in [0.3, 0.4) is 0 Å². The highest BCUT2D eigenvalue weighted by molar-refractivity contribution is 7.33. The first-order chi connectivity index (χ1) is 41.3. The van der Waals surface area contributed by atoms with Crippen LogP contribution in [0.1, 0.15) is 68.7 Å². The van der Waals surface area contributed by atoms with Gasteiger partial charge in [-0.2, -0.15) is 46.5 Å². The van der Waals surface area contributed by atoms with E-state index in [0.29, 0.717) is 84.5 Å². The maximum absolute atomic E-state index is 14.4. The number of methoxy groups -OCH3 is 2. The van der Waals surface area contributed by atoms with Crippen LogP contribution in [0.4, 0.5) is 72.6 Å². The maximum Gasteiger partial charge on any atom is 0.698 e. The Kier molecular flexibility index (Phi) is 20.8. The number of ether oxygens (including phenoxy) is 2. The quantitative estimate of drug-likeness (QED) is 0.0128. The van der Waals surface area contributed by atoms with E-state index >= 15 is 0 Å². The number of hydrogen-bond acceptors (Lipinski definition) is 19. The molecular formula is C56H58F6N14O9P+. The van der Waals surface area contributed by atoms with E-state index in [-0.39, 0.29) is 83.7 Å². The van der Waals surface area contributed by atoms with Gasteiger partial charge in [0.2, 0.25) is 11.9 Å². The van der Waals surface area contributed by atoms with E-state index < -0.39 is 55.2 Å². The average Bonchev–Trinajstić information content (AvgIpc) is 2.12. The minimum atomic E-state index is -4.91. The lowest BCUT2D eigenvalue weighted by molar-refractivity contribution is -0.138. The summed E-state index contributed by atoms with van der Waals surface area (Å²) in [5.41, 5.74) is 1.45. The van der Waals surface area contributed by atoms with Gasteiger partial charge in [0, 0.05) is 80.9 Å². The summed E-state index contributed by atoms with van der Waals surface area (Å²) in [4.78, 5) is 42.3. The number of hydrogen-bond donors (Lipinski definition) is 8. The number of aliphatic hydroxyl groups is 2. The minimum absolute atomic E-state index is 0.0150. The molecular weight excluding hydrogens is 1160 g/mol. The zero-order valence-electron chi connectivity index (χ0n) is 46.5. The van der Waals surface area contributed by atoms with E-state index in [9.17, 15) is 40.5 Å². The molecule has 0 spiro atoms. The summed E-state index contributed by atoms with van der Waals surface area (Å²) in [5, 5.41) is 43.0. The van der Waals surface area contributed by atoms with Crippen LogP contribution in [-0.4, -0.2) is 103 Å². The number of nitrogens with zero attached hydrogens (tertiary/aromatic N) is 8. The molecule has 8 aromatic rings. The van der Waals surface area contributed by atoms with Gasteiger partial charge >= 0.3 is 20.6 Å². The van der Waals surface area contributed by atoms with E-state index in [4.69, 9.17) is 28.7 Å². The van der Waals surface area contributed by atoms with Crippen molar-refractivity contribution in [3.63, 3.8) is 0 Å². The van der Waals surface area contributed by atoms with Crippen LogP contribution in [0, 0.1) is 0 Å². The van der Waals surface area contributed by atoms with E-state index in [1.165, 1.54) is 76.8 Å².